The summed E-state index contributed by atoms with van der Waals surface area (Å²) in [7, 11) is 0. The highest BCUT2D eigenvalue weighted by Crippen LogP contribution is 2.15. The maximum atomic E-state index is 12.8. The summed E-state index contributed by atoms with van der Waals surface area (Å²) in [4.78, 5) is 37.9. The Kier molecular flexibility index (Phi) is 51.9. The van der Waals surface area contributed by atoms with Crippen LogP contribution in [0.15, 0.2) is 72.9 Å². The summed E-state index contributed by atoms with van der Waals surface area (Å²) >= 11 is 0. The van der Waals surface area contributed by atoms with Crippen LogP contribution in [0, 0.1) is 0 Å². The molecule has 0 saturated carbocycles. The van der Waals surface area contributed by atoms with Crippen molar-refractivity contribution in [2.75, 3.05) is 13.2 Å². The molecule has 380 valence electrons. The molecular formula is C60H104O6. The van der Waals surface area contributed by atoms with E-state index >= 15 is 0 Å². The van der Waals surface area contributed by atoms with E-state index in [1.807, 2.05) is 0 Å². The second-order valence-electron chi connectivity index (χ2n) is 18.5. The van der Waals surface area contributed by atoms with Crippen molar-refractivity contribution in [3.63, 3.8) is 0 Å². The lowest BCUT2D eigenvalue weighted by Crippen LogP contribution is -2.30. The van der Waals surface area contributed by atoms with Gasteiger partial charge in [0.05, 0.1) is 0 Å². The number of allylic oxidation sites excluding steroid dienone is 12. The topological polar surface area (TPSA) is 78.9 Å². The molecule has 0 saturated heterocycles. The third-order valence-electron chi connectivity index (χ3n) is 11.9. The van der Waals surface area contributed by atoms with Crippen molar-refractivity contribution in [1.29, 1.82) is 0 Å². The number of esters is 3. The van der Waals surface area contributed by atoms with Gasteiger partial charge in [-0.2, -0.15) is 0 Å². The van der Waals surface area contributed by atoms with Crippen molar-refractivity contribution >= 4 is 17.9 Å². The molecule has 6 heteroatoms. The lowest BCUT2D eigenvalue weighted by atomic mass is 10.0. The van der Waals surface area contributed by atoms with Gasteiger partial charge in [0.1, 0.15) is 13.2 Å². The van der Waals surface area contributed by atoms with Crippen molar-refractivity contribution in [2.24, 2.45) is 0 Å². The second-order valence-corrected chi connectivity index (χ2v) is 18.5. The third kappa shape index (κ3) is 51.8. The lowest BCUT2D eigenvalue weighted by molar-refractivity contribution is -0.167. The number of rotatable bonds is 50. The molecule has 0 bridgehead atoms. The van der Waals surface area contributed by atoms with Crippen molar-refractivity contribution < 1.29 is 28.6 Å². The van der Waals surface area contributed by atoms with Gasteiger partial charge in [-0.25, -0.2) is 0 Å². The van der Waals surface area contributed by atoms with E-state index in [0.717, 1.165) is 103 Å². The summed E-state index contributed by atoms with van der Waals surface area (Å²) in [5.41, 5.74) is 0. The number of carbonyl (C=O) groups is 3. The molecule has 0 amide bonds. The van der Waals surface area contributed by atoms with Gasteiger partial charge < -0.3 is 14.2 Å². The van der Waals surface area contributed by atoms with E-state index in [1.165, 1.54) is 128 Å². The van der Waals surface area contributed by atoms with Gasteiger partial charge in [0.15, 0.2) is 6.10 Å². The molecule has 0 aliphatic carbocycles. The Balaban J connectivity index is 4.16. The fraction of sp³-hybridized carbons (Fsp3) is 0.750. The van der Waals surface area contributed by atoms with Crippen LogP contribution < -0.4 is 0 Å². The maximum Gasteiger partial charge on any atom is 0.306 e. The van der Waals surface area contributed by atoms with Crippen LogP contribution in [0.3, 0.4) is 0 Å². The van der Waals surface area contributed by atoms with E-state index in [4.69, 9.17) is 14.2 Å². The normalized spacial score (nSPS) is 12.6. The highest BCUT2D eigenvalue weighted by molar-refractivity contribution is 5.71. The Hall–Kier alpha value is -3.15. The number of ether oxygens (including phenoxy) is 3. The Morgan fingerprint density at radius 2 is 0.591 bits per heavy atom. The Morgan fingerprint density at radius 3 is 0.955 bits per heavy atom. The van der Waals surface area contributed by atoms with Gasteiger partial charge in [-0.15, -0.1) is 0 Å². The average molecular weight is 921 g/mol. The molecule has 0 fully saturated rings. The molecular weight excluding hydrogens is 817 g/mol. The van der Waals surface area contributed by atoms with Crippen molar-refractivity contribution in [3.05, 3.63) is 72.9 Å². The molecule has 0 radical (unpaired) electrons. The molecule has 6 nitrogen and oxygen atoms in total. The van der Waals surface area contributed by atoms with Crippen molar-refractivity contribution in [3.8, 4) is 0 Å². The molecule has 1 unspecified atom stereocenters. The molecule has 0 rings (SSSR count). The van der Waals surface area contributed by atoms with Crippen molar-refractivity contribution in [2.45, 2.75) is 277 Å². The first-order chi connectivity index (χ1) is 32.5. The minimum atomic E-state index is -0.776. The predicted molar refractivity (Wildman–Crippen MR) is 284 cm³/mol. The average Bonchev–Trinajstić information content (AvgIpc) is 3.31. The van der Waals surface area contributed by atoms with Crippen molar-refractivity contribution in [1.82, 2.24) is 0 Å². The first-order valence-electron chi connectivity index (χ1n) is 27.9. The molecule has 0 aliphatic rings. The molecule has 0 heterocycles. The monoisotopic (exact) mass is 921 g/mol. The van der Waals surface area contributed by atoms with E-state index in [2.05, 4.69) is 93.7 Å². The minimum absolute atomic E-state index is 0.0773. The number of hydrogen-bond acceptors (Lipinski definition) is 6. The Labute approximate surface area is 408 Å². The van der Waals surface area contributed by atoms with Gasteiger partial charge in [0, 0.05) is 19.3 Å². The minimum Gasteiger partial charge on any atom is -0.462 e. The summed E-state index contributed by atoms with van der Waals surface area (Å²) in [6.45, 7) is 6.48. The smallest absolute Gasteiger partial charge is 0.306 e. The highest BCUT2D eigenvalue weighted by Gasteiger charge is 2.19. The van der Waals surface area contributed by atoms with Gasteiger partial charge in [-0.1, -0.05) is 235 Å². The quantitative estimate of drug-likeness (QED) is 0.0262. The molecule has 66 heavy (non-hydrogen) atoms. The van der Waals surface area contributed by atoms with Crippen LogP contribution in [0.25, 0.3) is 0 Å². The predicted octanol–water partition coefficient (Wildman–Crippen LogP) is 18.6. The summed E-state index contributed by atoms with van der Waals surface area (Å²) in [6, 6.07) is 0. The first-order valence-corrected chi connectivity index (χ1v) is 27.9. The second kappa shape index (κ2) is 54.5. The van der Waals surface area contributed by atoms with Crippen LogP contribution in [0.4, 0.5) is 0 Å². The van der Waals surface area contributed by atoms with Crippen LogP contribution in [-0.2, 0) is 28.6 Å². The highest BCUT2D eigenvalue weighted by atomic mass is 16.6. The van der Waals surface area contributed by atoms with E-state index in [0.29, 0.717) is 19.3 Å². The van der Waals surface area contributed by atoms with Crippen LogP contribution in [0.5, 0.6) is 0 Å². The van der Waals surface area contributed by atoms with Gasteiger partial charge in [0.25, 0.3) is 0 Å². The molecule has 0 N–H and O–H groups in total. The van der Waals surface area contributed by atoms with E-state index in [-0.39, 0.29) is 31.1 Å². The van der Waals surface area contributed by atoms with Crippen LogP contribution >= 0.6 is 0 Å². The van der Waals surface area contributed by atoms with E-state index in [9.17, 15) is 14.4 Å². The fourth-order valence-electron chi connectivity index (χ4n) is 7.76. The molecule has 0 aromatic heterocycles. The van der Waals surface area contributed by atoms with Gasteiger partial charge in [-0.05, 0) is 89.9 Å². The number of hydrogen-bond donors (Lipinski definition) is 0. The Bertz CT molecular complexity index is 1240. The largest absolute Gasteiger partial charge is 0.462 e. The first kappa shape index (κ1) is 62.8. The number of unbranched alkanes of at least 4 members (excludes halogenated alkanes) is 27. The zero-order valence-electron chi connectivity index (χ0n) is 43.4. The third-order valence-corrected chi connectivity index (χ3v) is 11.9. The fourth-order valence-corrected chi connectivity index (χ4v) is 7.76. The molecule has 0 spiro atoms. The molecule has 0 aromatic rings. The zero-order valence-corrected chi connectivity index (χ0v) is 43.4. The standard InChI is InChI=1S/C60H104O6/c1-4-7-10-13-16-19-21-23-24-25-26-27-28-29-30-31-32-33-34-35-36-38-39-41-44-47-50-53-59(62)65-56-57(55-64-58(61)52-49-46-43-18-15-12-9-6-3)66-60(63)54-51-48-45-42-40-37-22-20-17-14-11-8-5-2/h7,10,16,19-20,22-24,26-27,29-30,57H,4-6,8-9,11-15,17-18,21,25,28,31-56H2,1-3H3/b10-7-,19-16-,22-20-,24-23-,27-26-,30-29-. The van der Waals surface area contributed by atoms with Crippen LogP contribution in [-0.4, -0.2) is 37.2 Å². The van der Waals surface area contributed by atoms with Gasteiger partial charge >= 0.3 is 17.9 Å². The summed E-state index contributed by atoms with van der Waals surface area (Å²) in [5, 5.41) is 0. The number of carbonyl (C=O) groups excluding carboxylic acids is 3. The van der Waals surface area contributed by atoms with Crippen LogP contribution in [0.1, 0.15) is 271 Å². The van der Waals surface area contributed by atoms with Crippen LogP contribution in [0.2, 0.25) is 0 Å². The van der Waals surface area contributed by atoms with E-state index < -0.39 is 6.10 Å². The summed E-state index contributed by atoms with van der Waals surface area (Å²) in [5.74, 6) is -0.889. The molecule has 0 aromatic carbocycles. The van der Waals surface area contributed by atoms with E-state index in [1.54, 1.807) is 0 Å². The molecule has 0 aliphatic heterocycles. The molecule has 1 atom stereocenters. The SMILES string of the molecule is CC/C=C\C/C=C\C/C=C\C/C=C\C/C=C\CCCCCCCCCCCCCC(=O)OCC(COC(=O)CCCCCCCCCC)OC(=O)CCCCCCC/C=C\CCCCCC. The lowest BCUT2D eigenvalue weighted by Gasteiger charge is -2.18. The summed E-state index contributed by atoms with van der Waals surface area (Å²) in [6.07, 6.45) is 69.1. The van der Waals surface area contributed by atoms with Gasteiger partial charge in [0.2, 0.25) is 0 Å². The summed E-state index contributed by atoms with van der Waals surface area (Å²) < 4.78 is 16.8. The maximum absolute atomic E-state index is 12.8. The zero-order chi connectivity index (χ0) is 47.9. The Morgan fingerprint density at radius 1 is 0.318 bits per heavy atom. The van der Waals surface area contributed by atoms with Gasteiger partial charge in [-0.3, -0.25) is 14.4 Å².